The Kier molecular flexibility index (Phi) is 5.79. The Morgan fingerprint density at radius 1 is 1.06 bits per heavy atom. The Morgan fingerprint density at radius 2 is 1.81 bits per heavy atom. The number of furan rings is 1. The maximum Gasteiger partial charge on any atom is 0.270 e. The Morgan fingerprint density at radius 3 is 2.50 bits per heavy atom. The number of hydrogen-bond acceptors (Lipinski definition) is 6. The molecule has 0 spiro atoms. The van der Waals surface area contributed by atoms with Crippen molar-refractivity contribution in [2.75, 3.05) is 4.90 Å². The fourth-order valence-electron chi connectivity index (χ4n) is 3.04. The van der Waals surface area contributed by atoms with Crippen LogP contribution < -0.4 is 10.2 Å². The highest BCUT2D eigenvalue weighted by atomic mass is 35.5. The van der Waals surface area contributed by atoms with Gasteiger partial charge in [-0.05, 0) is 48.6 Å². The lowest BCUT2D eigenvalue weighted by molar-refractivity contribution is -0.384. The molecule has 0 aliphatic carbocycles. The molecule has 4 rings (SSSR count). The average molecular weight is 488 g/mol. The molecule has 0 radical (unpaired) electrons. The molecule has 1 aliphatic heterocycles. The van der Waals surface area contributed by atoms with E-state index in [1.165, 1.54) is 30.3 Å². The fraction of sp³-hybridized carbons (Fsp3) is 0. The summed E-state index contributed by atoms with van der Waals surface area (Å²) in [4.78, 5) is 37.0. The predicted octanol–water partition coefficient (Wildman–Crippen LogP) is 4.99. The quantitative estimate of drug-likeness (QED) is 0.182. The highest BCUT2D eigenvalue weighted by Crippen LogP contribution is 2.33. The Bertz CT molecular complexity index is 1330. The second kappa shape index (κ2) is 8.54. The summed E-state index contributed by atoms with van der Waals surface area (Å²) in [5, 5.41) is 13.7. The molecule has 1 fully saturated rings. The van der Waals surface area contributed by atoms with Gasteiger partial charge in [-0.25, -0.2) is 0 Å². The van der Waals surface area contributed by atoms with Crippen LogP contribution in [0.3, 0.4) is 0 Å². The van der Waals surface area contributed by atoms with E-state index in [-0.39, 0.29) is 32.2 Å². The number of non-ortho nitro benzene ring substituents is 1. The smallest absolute Gasteiger partial charge is 0.270 e. The number of hydrogen-bond donors (Lipinski definition) is 1. The number of anilines is 1. The van der Waals surface area contributed by atoms with Gasteiger partial charge in [0.2, 0.25) is 0 Å². The van der Waals surface area contributed by atoms with E-state index in [0.29, 0.717) is 17.0 Å². The minimum atomic E-state index is -0.686. The molecule has 0 unspecified atom stereocenters. The van der Waals surface area contributed by atoms with E-state index in [1.54, 1.807) is 30.3 Å². The largest absolute Gasteiger partial charge is 0.457 e. The zero-order valence-corrected chi connectivity index (χ0v) is 18.2. The van der Waals surface area contributed by atoms with Gasteiger partial charge in [0.15, 0.2) is 5.11 Å². The number of halogens is 2. The summed E-state index contributed by atoms with van der Waals surface area (Å²) in [6.45, 7) is 0. The van der Waals surface area contributed by atoms with Gasteiger partial charge in [-0.1, -0.05) is 35.3 Å². The summed E-state index contributed by atoms with van der Waals surface area (Å²) in [7, 11) is 0. The van der Waals surface area contributed by atoms with Crippen molar-refractivity contribution in [3.63, 3.8) is 0 Å². The topological polar surface area (TPSA) is 106 Å². The van der Waals surface area contributed by atoms with Crippen molar-refractivity contribution < 1.29 is 18.9 Å². The number of benzene rings is 2. The van der Waals surface area contributed by atoms with E-state index in [1.807, 2.05) is 0 Å². The van der Waals surface area contributed by atoms with Crippen LogP contribution in [0.25, 0.3) is 17.4 Å². The van der Waals surface area contributed by atoms with E-state index in [2.05, 4.69) is 5.32 Å². The third kappa shape index (κ3) is 4.01. The number of carbonyl (C=O) groups is 2. The molecule has 32 heavy (non-hydrogen) atoms. The number of nitro groups is 1. The number of thiocarbonyl (C=S) groups is 1. The third-order valence-corrected chi connectivity index (χ3v) is 5.45. The van der Waals surface area contributed by atoms with E-state index >= 15 is 0 Å². The van der Waals surface area contributed by atoms with Gasteiger partial charge < -0.3 is 4.42 Å². The maximum absolute atomic E-state index is 13.1. The predicted molar refractivity (Wildman–Crippen MR) is 123 cm³/mol. The number of carbonyl (C=O) groups excluding carboxylic acids is 2. The van der Waals surface area contributed by atoms with Crippen LogP contribution in [0.2, 0.25) is 10.0 Å². The summed E-state index contributed by atoms with van der Waals surface area (Å²) in [6, 6.07) is 13.6. The summed E-state index contributed by atoms with van der Waals surface area (Å²) >= 11 is 17.5. The first-order valence-electron chi connectivity index (χ1n) is 8.96. The van der Waals surface area contributed by atoms with Gasteiger partial charge in [0.05, 0.1) is 20.7 Å². The van der Waals surface area contributed by atoms with Gasteiger partial charge in [0.1, 0.15) is 17.1 Å². The van der Waals surface area contributed by atoms with Crippen molar-refractivity contribution in [2.24, 2.45) is 0 Å². The number of amides is 2. The zero-order chi connectivity index (χ0) is 23.0. The van der Waals surface area contributed by atoms with Crippen LogP contribution in [0.5, 0.6) is 0 Å². The van der Waals surface area contributed by atoms with Gasteiger partial charge in [-0.15, -0.1) is 0 Å². The zero-order valence-electron chi connectivity index (χ0n) is 15.9. The van der Waals surface area contributed by atoms with Crippen LogP contribution in [0.1, 0.15) is 5.76 Å². The van der Waals surface area contributed by atoms with Crippen LogP contribution in [-0.4, -0.2) is 21.9 Å². The van der Waals surface area contributed by atoms with Gasteiger partial charge >= 0.3 is 0 Å². The molecular formula is C21H11Cl2N3O5S. The third-order valence-electron chi connectivity index (χ3n) is 4.54. The summed E-state index contributed by atoms with van der Waals surface area (Å²) in [6.07, 6.45) is 1.27. The molecule has 11 heteroatoms. The first-order valence-corrected chi connectivity index (χ1v) is 10.1. The monoisotopic (exact) mass is 487 g/mol. The number of para-hydroxylation sites is 1. The van der Waals surface area contributed by atoms with Crippen molar-refractivity contribution in [3.8, 4) is 11.3 Å². The number of rotatable bonds is 4. The Hall–Kier alpha value is -3.53. The van der Waals surface area contributed by atoms with E-state index in [0.717, 1.165) is 4.90 Å². The van der Waals surface area contributed by atoms with Gasteiger partial charge in [-0.2, -0.15) is 0 Å². The lowest BCUT2D eigenvalue weighted by atomic mass is 10.1. The van der Waals surface area contributed by atoms with Gasteiger partial charge in [0.25, 0.3) is 17.5 Å². The van der Waals surface area contributed by atoms with Crippen LogP contribution in [-0.2, 0) is 9.59 Å². The van der Waals surface area contributed by atoms with Crippen molar-refractivity contribution in [2.45, 2.75) is 0 Å². The molecule has 1 N–H and O–H groups in total. The maximum atomic E-state index is 13.1. The molecule has 2 heterocycles. The van der Waals surface area contributed by atoms with Gasteiger partial charge in [-0.3, -0.25) is 29.9 Å². The molecule has 1 aromatic heterocycles. The lowest BCUT2D eigenvalue weighted by Gasteiger charge is -2.29. The van der Waals surface area contributed by atoms with Gasteiger partial charge in [0, 0.05) is 17.7 Å². The SMILES string of the molecule is O=C1NC(=S)N(c2ccccc2Cl)C(=O)/C1=C/c1ccc(-c2ccc([N+](=O)[O-])cc2Cl)o1. The molecule has 0 saturated carbocycles. The molecule has 2 amide bonds. The second-order valence-corrected chi connectivity index (χ2v) is 7.73. The van der Waals surface area contributed by atoms with Crippen LogP contribution in [0, 0.1) is 10.1 Å². The molecule has 8 nitrogen and oxygen atoms in total. The number of nitrogens with zero attached hydrogens (tertiary/aromatic N) is 2. The molecular weight excluding hydrogens is 477 g/mol. The Balaban J connectivity index is 1.68. The van der Waals surface area contributed by atoms with Crippen molar-refractivity contribution >= 4 is 69.8 Å². The number of nitrogens with one attached hydrogen (secondary N) is 1. The van der Waals surface area contributed by atoms with Crippen LogP contribution in [0.15, 0.2) is 64.6 Å². The molecule has 1 aliphatic rings. The van der Waals surface area contributed by atoms with Crippen molar-refractivity contribution in [1.29, 1.82) is 0 Å². The molecule has 1 saturated heterocycles. The van der Waals surface area contributed by atoms with Crippen LogP contribution >= 0.6 is 35.4 Å². The van der Waals surface area contributed by atoms with E-state index in [4.69, 9.17) is 39.8 Å². The average Bonchev–Trinajstić information content (AvgIpc) is 3.20. The minimum absolute atomic E-state index is 0.0944. The first-order chi connectivity index (χ1) is 15.3. The van der Waals surface area contributed by atoms with Crippen LogP contribution in [0.4, 0.5) is 11.4 Å². The van der Waals surface area contributed by atoms with E-state index in [9.17, 15) is 19.7 Å². The second-order valence-electron chi connectivity index (χ2n) is 6.53. The van der Waals surface area contributed by atoms with Crippen molar-refractivity contribution in [1.82, 2.24) is 5.32 Å². The highest BCUT2D eigenvalue weighted by Gasteiger charge is 2.35. The fourth-order valence-corrected chi connectivity index (χ4v) is 3.81. The molecule has 160 valence electrons. The molecule has 0 bridgehead atoms. The summed E-state index contributed by atoms with van der Waals surface area (Å²) in [5.41, 5.74) is 0.370. The summed E-state index contributed by atoms with van der Waals surface area (Å²) in [5.74, 6) is -0.855. The molecule has 0 atom stereocenters. The minimum Gasteiger partial charge on any atom is -0.457 e. The summed E-state index contributed by atoms with van der Waals surface area (Å²) < 4.78 is 5.70. The van der Waals surface area contributed by atoms with E-state index < -0.39 is 16.7 Å². The van der Waals surface area contributed by atoms with Crippen molar-refractivity contribution in [3.05, 3.63) is 86.1 Å². The molecule has 2 aromatic carbocycles. The first kappa shape index (κ1) is 21.7. The number of nitro benzene ring substituents is 1. The Labute approximate surface area is 196 Å². The highest BCUT2D eigenvalue weighted by molar-refractivity contribution is 7.80. The normalized spacial score (nSPS) is 15.2. The molecule has 3 aromatic rings. The standard InChI is InChI=1S/C21H11Cl2N3O5S/c22-15-3-1-2-4-17(15)25-20(28)14(19(27)24-21(25)32)10-12-6-8-18(31-12)13-7-5-11(26(29)30)9-16(13)23/h1-10H,(H,24,27,32)/b14-10+. The lowest BCUT2D eigenvalue weighted by Crippen LogP contribution is -2.54.